The molecule has 4 N–H and O–H groups in total. The number of benzene rings is 2. The van der Waals surface area contributed by atoms with Gasteiger partial charge in [0, 0.05) is 43.0 Å². The van der Waals surface area contributed by atoms with Gasteiger partial charge < -0.3 is 16.0 Å². The van der Waals surface area contributed by atoms with Crippen LogP contribution in [0.15, 0.2) is 41.4 Å². The Bertz CT molecular complexity index is 1630. The molecule has 0 aliphatic heterocycles. The van der Waals surface area contributed by atoms with E-state index in [4.69, 9.17) is 0 Å². The summed E-state index contributed by atoms with van der Waals surface area (Å²) >= 11 is 0. The average molecular weight is 648 g/mol. The Kier molecular flexibility index (Phi) is 10.3. The van der Waals surface area contributed by atoms with Crippen molar-refractivity contribution in [3.05, 3.63) is 64.5 Å². The van der Waals surface area contributed by atoms with Crippen LogP contribution in [0, 0.1) is 0 Å². The highest BCUT2D eigenvalue weighted by Gasteiger charge is 2.26. The maximum absolute atomic E-state index is 13.1. The predicted molar refractivity (Wildman–Crippen MR) is 177 cm³/mol. The second-order valence-electron chi connectivity index (χ2n) is 12.8. The maximum Gasteiger partial charge on any atom is 0.333 e. The van der Waals surface area contributed by atoms with E-state index >= 15 is 0 Å². The third-order valence-corrected chi connectivity index (χ3v) is 10.7. The second-order valence-corrected chi connectivity index (χ2v) is 14.5. The molecule has 11 nitrogen and oxygen atoms in total. The smallest absolute Gasteiger partial charge is 0.326 e. The van der Waals surface area contributed by atoms with Crippen molar-refractivity contribution in [2.24, 2.45) is 0 Å². The first kappa shape index (κ1) is 32.2. The van der Waals surface area contributed by atoms with Gasteiger partial charge in [0.15, 0.2) is 0 Å². The van der Waals surface area contributed by atoms with Gasteiger partial charge in [0.2, 0.25) is 5.91 Å². The zero-order valence-corrected chi connectivity index (χ0v) is 27.3. The van der Waals surface area contributed by atoms with Crippen molar-refractivity contribution < 1.29 is 18.0 Å². The fourth-order valence-electron chi connectivity index (χ4n) is 7.09. The van der Waals surface area contributed by atoms with Gasteiger partial charge >= 0.3 is 6.03 Å². The first-order valence-corrected chi connectivity index (χ1v) is 18.3. The van der Waals surface area contributed by atoms with Crippen LogP contribution in [0.2, 0.25) is 0 Å². The Labute approximate surface area is 271 Å². The van der Waals surface area contributed by atoms with E-state index in [1.54, 1.807) is 6.07 Å². The Morgan fingerprint density at radius 1 is 0.891 bits per heavy atom. The van der Waals surface area contributed by atoms with E-state index in [1.807, 2.05) is 10.9 Å². The molecular weight excluding hydrogens is 602 g/mol. The predicted octanol–water partition coefficient (Wildman–Crippen LogP) is 5.04. The van der Waals surface area contributed by atoms with Crippen LogP contribution in [0.1, 0.15) is 92.2 Å². The molecule has 2 aromatic carbocycles. The highest BCUT2D eigenvalue weighted by Crippen LogP contribution is 2.38. The molecule has 0 radical (unpaired) electrons. The largest absolute Gasteiger partial charge is 0.333 e. The van der Waals surface area contributed by atoms with Crippen LogP contribution in [0.5, 0.6) is 0 Å². The standard InChI is InChI=1S/C34H45N7O4S/c42-32(18-17-28-23-41(40-38-28)20-8-19-35-26-11-3-1-2-4-12-26)36-27-13-7-14-29(22-27)46(44,45)39-34(43)37-33-30-15-5-9-24(30)21-25-10-6-16-31(25)33/h7,13-14,21-23,26,35H,1-6,8-12,15-20H2,(H,36,42)(H2,37,39,43). The number of aromatic nitrogens is 3. The first-order chi connectivity index (χ1) is 22.3. The molecule has 1 fully saturated rings. The monoisotopic (exact) mass is 647 g/mol. The van der Waals surface area contributed by atoms with Crippen molar-refractivity contribution in [1.82, 2.24) is 25.0 Å². The zero-order chi connectivity index (χ0) is 31.9. The first-order valence-electron chi connectivity index (χ1n) is 16.9. The van der Waals surface area contributed by atoms with E-state index in [1.165, 1.54) is 67.9 Å². The lowest BCUT2D eigenvalue weighted by Gasteiger charge is -2.16. The van der Waals surface area contributed by atoms with E-state index in [0.29, 0.717) is 18.2 Å². The molecule has 3 aliphatic carbocycles. The molecule has 0 unspecified atom stereocenters. The molecule has 0 saturated heterocycles. The van der Waals surface area contributed by atoms with Gasteiger partial charge in [-0.2, -0.15) is 0 Å². The molecule has 246 valence electrons. The number of nitrogens with one attached hydrogen (secondary N) is 4. The number of carbonyl (C=O) groups is 2. The molecule has 0 atom stereocenters. The summed E-state index contributed by atoms with van der Waals surface area (Å²) < 4.78 is 30.2. The summed E-state index contributed by atoms with van der Waals surface area (Å²) in [5, 5.41) is 17.7. The van der Waals surface area contributed by atoms with Crippen molar-refractivity contribution in [3.63, 3.8) is 0 Å². The fourth-order valence-corrected chi connectivity index (χ4v) is 8.04. The van der Waals surface area contributed by atoms with Gasteiger partial charge in [-0.15, -0.1) is 5.10 Å². The minimum atomic E-state index is -4.18. The molecule has 3 aliphatic rings. The summed E-state index contributed by atoms with van der Waals surface area (Å²) in [7, 11) is -4.18. The number of nitrogens with zero attached hydrogens (tertiary/aromatic N) is 3. The van der Waals surface area contributed by atoms with E-state index in [-0.39, 0.29) is 17.2 Å². The van der Waals surface area contributed by atoms with Crippen molar-refractivity contribution in [3.8, 4) is 0 Å². The highest BCUT2D eigenvalue weighted by molar-refractivity contribution is 7.90. The molecule has 1 saturated carbocycles. The van der Waals surface area contributed by atoms with Crippen LogP contribution in [-0.2, 0) is 53.5 Å². The number of aryl methyl sites for hydroxylation is 4. The van der Waals surface area contributed by atoms with E-state index in [9.17, 15) is 18.0 Å². The zero-order valence-electron chi connectivity index (χ0n) is 26.4. The highest BCUT2D eigenvalue weighted by atomic mass is 32.2. The van der Waals surface area contributed by atoms with Crippen LogP contribution >= 0.6 is 0 Å². The summed E-state index contributed by atoms with van der Waals surface area (Å²) in [6, 6.07) is 8.00. The number of hydrogen-bond acceptors (Lipinski definition) is 7. The van der Waals surface area contributed by atoms with Crippen LogP contribution in [0.25, 0.3) is 0 Å². The Balaban J connectivity index is 0.970. The molecule has 3 aromatic rings. The quantitative estimate of drug-likeness (QED) is 0.159. The number of fused-ring (bicyclic) bond motifs is 2. The molecule has 46 heavy (non-hydrogen) atoms. The molecule has 0 bridgehead atoms. The van der Waals surface area contributed by atoms with E-state index < -0.39 is 16.1 Å². The number of amides is 3. The van der Waals surface area contributed by atoms with E-state index in [2.05, 4.69) is 37.1 Å². The van der Waals surface area contributed by atoms with E-state index in [0.717, 1.165) is 80.5 Å². The lowest BCUT2D eigenvalue weighted by molar-refractivity contribution is -0.116. The summed E-state index contributed by atoms with van der Waals surface area (Å²) in [4.78, 5) is 25.5. The molecule has 6 rings (SSSR count). The van der Waals surface area contributed by atoms with Crippen LogP contribution in [-0.4, -0.2) is 47.9 Å². The van der Waals surface area contributed by atoms with Gasteiger partial charge in [-0.1, -0.05) is 43.0 Å². The van der Waals surface area contributed by atoms with Crippen LogP contribution < -0.4 is 20.7 Å². The van der Waals surface area contributed by atoms with Crippen LogP contribution in [0.4, 0.5) is 16.2 Å². The van der Waals surface area contributed by atoms with Crippen LogP contribution in [0.3, 0.4) is 0 Å². The molecule has 0 spiro atoms. The molecule has 1 aromatic heterocycles. The number of rotatable bonds is 12. The second kappa shape index (κ2) is 14.8. The number of anilines is 2. The minimum absolute atomic E-state index is 0.111. The minimum Gasteiger partial charge on any atom is -0.326 e. The third kappa shape index (κ3) is 8.14. The topological polar surface area (TPSA) is 147 Å². The van der Waals surface area contributed by atoms with Gasteiger partial charge in [0.25, 0.3) is 10.0 Å². The summed E-state index contributed by atoms with van der Waals surface area (Å²) in [5.74, 6) is -0.269. The SMILES string of the molecule is O=C(CCc1cn(CCCNC2CCCCCC2)nn1)Nc1cccc(S(=O)(=O)NC(=O)Nc2c3c(cc4c2CCC4)CCC3)c1. The van der Waals surface area contributed by atoms with Gasteiger partial charge in [0.1, 0.15) is 0 Å². The Hall–Kier alpha value is -3.77. The Morgan fingerprint density at radius 2 is 1.63 bits per heavy atom. The number of hydrogen-bond donors (Lipinski definition) is 4. The maximum atomic E-state index is 13.1. The number of carbonyl (C=O) groups excluding carboxylic acids is 2. The van der Waals surface area contributed by atoms with Gasteiger partial charge in [-0.25, -0.2) is 17.9 Å². The molecule has 3 amide bonds. The van der Waals surface area contributed by atoms with Crippen molar-refractivity contribution in [1.29, 1.82) is 0 Å². The lowest BCUT2D eigenvalue weighted by Crippen LogP contribution is -2.35. The van der Waals surface area contributed by atoms with Crippen molar-refractivity contribution in [2.45, 2.75) is 114 Å². The van der Waals surface area contributed by atoms with Gasteiger partial charge in [0.05, 0.1) is 10.6 Å². The molecule has 1 heterocycles. The van der Waals surface area contributed by atoms with Gasteiger partial charge in [-0.05, 0) is 105 Å². The average Bonchev–Trinajstić information content (AvgIpc) is 3.77. The normalized spacial score (nSPS) is 16.4. The van der Waals surface area contributed by atoms with Gasteiger partial charge in [-0.3, -0.25) is 9.48 Å². The number of urea groups is 1. The van der Waals surface area contributed by atoms with Crippen molar-refractivity contribution in [2.75, 3.05) is 17.2 Å². The molecule has 12 heteroatoms. The molecular formula is C34H45N7O4S. The fraction of sp³-hybridized carbons (Fsp3) is 0.529. The summed E-state index contributed by atoms with van der Waals surface area (Å²) in [6.07, 6.45) is 17.1. The number of sulfonamides is 1. The van der Waals surface area contributed by atoms with Crippen molar-refractivity contribution >= 4 is 33.3 Å². The third-order valence-electron chi connectivity index (χ3n) is 9.41. The summed E-state index contributed by atoms with van der Waals surface area (Å²) in [5.41, 5.74) is 6.58. The lowest BCUT2D eigenvalue weighted by atomic mass is 9.99. The Morgan fingerprint density at radius 3 is 2.37 bits per heavy atom. The summed E-state index contributed by atoms with van der Waals surface area (Å²) in [6.45, 7) is 1.72.